The second kappa shape index (κ2) is 5.36. The average Bonchev–Trinajstić information content (AvgIpc) is 2.47. The molecule has 5 nitrogen and oxygen atoms in total. The van der Waals surface area contributed by atoms with Crippen molar-refractivity contribution in [3.63, 3.8) is 0 Å². The first-order valence-corrected chi connectivity index (χ1v) is 8.36. The van der Waals surface area contributed by atoms with Crippen LogP contribution < -0.4 is 0 Å². The van der Waals surface area contributed by atoms with Crippen molar-refractivity contribution in [2.75, 3.05) is 6.54 Å². The summed E-state index contributed by atoms with van der Waals surface area (Å²) in [6.07, 6.45) is 2.31. The number of halogens is 1. The van der Waals surface area contributed by atoms with Gasteiger partial charge in [0.1, 0.15) is 5.82 Å². The van der Waals surface area contributed by atoms with Crippen LogP contribution in [-0.4, -0.2) is 29.2 Å². The highest BCUT2D eigenvalue weighted by Gasteiger charge is 2.29. The molecule has 110 valence electrons. The first-order chi connectivity index (χ1) is 9.96. The number of hydrogen-bond donors (Lipinski definition) is 0. The zero-order valence-electron chi connectivity index (χ0n) is 11.5. The monoisotopic (exact) mass is 323 g/mol. The summed E-state index contributed by atoms with van der Waals surface area (Å²) in [5, 5.41) is 0.516. The lowest BCUT2D eigenvalue weighted by Crippen LogP contribution is -2.36. The highest BCUT2D eigenvalue weighted by molar-refractivity contribution is 7.89. The maximum absolute atomic E-state index is 12.6. The Kier molecular flexibility index (Phi) is 3.69. The topological polar surface area (TPSA) is 63.2 Å². The van der Waals surface area contributed by atoms with Crippen molar-refractivity contribution in [3.05, 3.63) is 52.6 Å². The van der Waals surface area contributed by atoms with Crippen molar-refractivity contribution in [2.45, 2.75) is 24.8 Å². The van der Waals surface area contributed by atoms with Gasteiger partial charge in [0.2, 0.25) is 10.0 Å². The Morgan fingerprint density at radius 1 is 1.24 bits per heavy atom. The molecule has 1 aliphatic heterocycles. The van der Waals surface area contributed by atoms with E-state index in [1.807, 2.05) is 6.92 Å². The van der Waals surface area contributed by atoms with Crippen molar-refractivity contribution in [1.82, 2.24) is 14.3 Å². The van der Waals surface area contributed by atoms with Crippen molar-refractivity contribution in [2.24, 2.45) is 0 Å². The second-order valence-electron chi connectivity index (χ2n) is 4.93. The number of fused-ring (bicyclic) bond motifs is 1. The molecular formula is C14H14ClN3O2S. The minimum atomic E-state index is -3.51. The normalized spacial score (nSPS) is 15.7. The summed E-state index contributed by atoms with van der Waals surface area (Å²) in [6, 6.07) is 6.22. The van der Waals surface area contributed by atoms with Crippen LogP contribution in [0, 0.1) is 6.92 Å². The number of nitrogens with zero attached hydrogens (tertiary/aromatic N) is 3. The zero-order valence-corrected chi connectivity index (χ0v) is 13.0. The largest absolute Gasteiger partial charge is 0.243 e. The molecule has 1 aliphatic rings. The summed E-state index contributed by atoms with van der Waals surface area (Å²) < 4.78 is 26.7. The van der Waals surface area contributed by atoms with Crippen LogP contribution in [0.3, 0.4) is 0 Å². The van der Waals surface area contributed by atoms with Gasteiger partial charge in [0, 0.05) is 42.0 Å². The minimum absolute atomic E-state index is 0.253. The fourth-order valence-corrected chi connectivity index (χ4v) is 3.90. The zero-order chi connectivity index (χ0) is 15.0. The highest BCUT2D eigenvalue weighted by Crippen LogP contribution is 2.24. The van der Waals surface area contributed by atoms with Crippen LogP contribution in [0.5, 0.6) is 0 Å². The number of aryl methyl sites for hydroxylation is 1. The van der Waals surface area contributed by atoms with Crippen LogP contribution >= 0.6 is 11.6 Å². The molecule has 0 amide bonds. The van der Waals surface area contributed by atoms with E-state index in [4.69, 9.17) is 11.6 Å². The van der Waals surface area contributed by atoms with Gasteiger partial charge in [-0.1, -0.05) is 11.6 Å². The van der Waals surface area contributed by atoms with E-state index in [1.54, 1.807) is 18.3 Å². The van der Waals surface area contributed by atoms with E-state index in [0.717, 1.165) is 11.3 Å². The predicted octanol–water partition coefficient (Wildman–Crippen LogP) is 2.19. The summed E-state index contributed by atoms with van der Waals surface area (Å²) in [5.41, 5.74) is 1.80. The molecule has 2 heterocycles. The Balaban J connectivity index is 1.91. The molecule has 0 saturated heterocycles. The van der Waals surface area contributed by atoms with Crippen LogP contribution in [0.25, 0.3) is 0 Å². The average molecular weight is 324 g/mol. The van der Waals surface area contributed by atoms with E-state index >= 15 is 0 Å². The van der Waals surface area contributed by atoms with Gasteiger partial charge in [-0.3, -0.25) is 0 Å². The van der Waals surface area contributed by atoms with Crippen molar-refractivity contribution < 1.29 is 8.42 Å². The molecule has 0 aliphatic carbocycles. The molecule has 0 bridgehead atoms. The molecule has 0 N–H and O–H groups in total. The van der Waals surface area contributed by atoms with Gasteiger partial charge in [-0.2, -0.15) is 4.31 Å². The van der Waals surface area contributed by atoms with Crippen molar-refractivity contribution in [3.8, 4) is 0 Å². The third kappa shape index (κ3) is 2.79. The van der Waals surface area contributed by atoms with Gasteiger partial charge in [0.15, 0.2) is 0 Å². The number of benzene rings is 1. The summed E-state index contributed by atoms with van der Waals surface area (Å²) in [6.45, 7) is 2.56. The standard InChI is InChI=1S/C14H14ClN3O2S/c1-10-16-8-11-9-18(7-6-14(11)17-10)21(19,20)13-4-2-12(15)3-5-13/h2-5,8H,6-7,9H2,1H3. The van der Waals surface area contributed by atoms with Crippen LogP contribution in [0.4, 0.5) is 0 Å². The quantitative estimate of drug-likeness (QED) is 0.850. The Morgan fingerprint density at radius 3 is 2.67 bits per heavy atom. The fourth-order valence-electron chi connectivity index (χ4n) is 2.35. The van der Waals surface area contributed by atoms with Gasteiger partial charge >= 0.3 is 0 Å². The SMILES string of the molecule is Cc1ncc2c(n1)CCN(S(=O)(=O)c1ccc(Cl)cc1)C2. The third-order valence-electron chi connectivity index (χ3n) is 3.47. The van der Waals surface area contributed by atoms with Crippen molar-refractivity contribution in [1.29, 1.82) is 0 Å². The van der Waals surface area contributed by atoms with Crippen LogP contribution in [0.1, 0.15) is 17.1 Å². The Hall–Kier alpha value is -1.50. The summed E-state index contributed by atoms with van der Waals surface area (Å²) >= 11 is 5.80. The maximum atomic E-state index is 12.6. The van der Waals surface area contributed by atoms with Crippen LogP contribution in [-0.2, 0) is 23.0 Å². The molecule has 0 spiro atoms. The molecule has 1 aromatic carbocycles. The lowest BCUT2D eigenvalue weighted by molar-refractivity contribution is 0.386. The Bertz CT molecular complexity index is 775. The predicted molar refractivity (Wildman–Crippen MR) is 79.5 cm³/mol. The van der Waals surface area contributed by atoms with E-state index in [-0.39, 0.29) is 4.90 Å². The van der Waals surface area contributed by atoms with Gasteiger partial charge in [0.25, 0.3) is 0 Å². The summed E-state index contributed by atoms with van der Waals surface area (Å²) in [5.74, 6) is 0.711. The number of rotatable bonds is 2. The Morgan fingerprint density at radius 2 is 1.95 bits per heavy atom. The Labute approximate surface area is 128 Å². The molecule has 0 fully saturated rings. The van der Waals surface area contributed by atoms with E-state index in [1.165, 1.54) is 16.4 Å². The minimum Gasteiger partial charge on any atom is -0.241 e. The molecule has 0 saturated carbocycles. The summed E-state index contributed by atoms with van der Waals surface area (Å²) in [4.78, 5) is 8.76. The molecule has 7 heteroatoms. The molecular weight excluding hydrogens is 310 g/mol. The first-order valence-electron chi connectivity index (χ1n) is 6.54. The van der Waals surface area contributed by atoms with E-state index in [0.29, 0.717) is 30.4 Å². The van der Waals surface area contributed by atoms with E-state index in [2.05, 4.69) is 9.97 Å². The third-order valence-corrected chi connectivity index (χ3v) is 5.58. The van der Waals surface area contributed by atoms with E-state index < -0.39 is 10.0 Å². The van der Waals surface area contributed by atoms with Crippen LogP contribution in [0.15, 0.2) is 35.4 Å². The molecule has 0 unspecified atom stereocenters. The number of sulfonamides is 1. The van der Waals surface area contributed by atoms with Gasteiger partial charge in [-0.15, -0.1) is 0 Å². The second-order valence-corrected chi connectivity index (χ2v) is 7.31. The molecule has 21 heavy (non-hydrogen) atoms. The molecule has 3 rings (SSSR count). The molecule has 0 atom stereocenters. The fraction of sp³-hybridized carbons (Fsp3) is 0.286. The number of aromatic nitrogens is 2. The summed E-state index contributed by atoms with van der Waals surface area (Å²) in [7, 11) is -3.51. The first kappa shape index (κ1) is 14.4. The smallest absolute Gasteiger partial charge is 0.241 e. The van der Waals surface area contributed by atoms with Gasteiger partial charge in [-0.05, 0) is 31.2 Å². The van der Waals surface area contributed by atoms with Gasteiger partial charge < -0.3 is 0 Å². The van der Waals surface area contributed by atoms with E-state index in [9.17, 15) is 8.42 Å². The van der Waals surface area contributed by atoms with Crippen LogP contribution in [0.2, 0.25) is 5.02 Å². The maximum Gasteiger partial charge on any atom is 0.243 e. The number of hydrogen-bond acceptors (Lipinski definition) is 4. The van der Waals surface area contributed by atoms with Crippen molar-refractivity contribution >= 4 is 21.6 Å². The van der Waals surface area contributed by atoms with Gasteiger partial charge in [0.05, 0.1) is 4.90 Å². The van der Waals surface area contributed by atoms with Gasteiger partial charge in [-0.25, -0.2) is 18.4 Å². The molecule has 1 aromatic heterocycles. The molecule has 0 radical (unpaired) electrons. The highest BCUT2D eigenvalue weighted by atomic mass is 35.5. The lowest BCUT2D eigenvalue weighted by Gasteiger charge is -2.27. The molecule has 2 aromatic rings. The lowest BCUT2D eigenvalue weighted by atomic mass is 10.1.